The predicted octanol–water partition coefficient (Wildman–Crippen LogP) is 15.0. The van der Waals surface area contributed by atoms with Crippen molar-refractivity contribution in [3.63, 3.8) is 0 Å². The Bertz CT molecular complexity index is 2910. The molecule has 0 radical (unpaired) electrons. The summed E-state index contributed by atoms with van der Waals surface area (Å²) in [6.45, 7) is 9.09. The minimum absolute atomic E-state index is 0.164. The average Bonchev–Trinajstić information content (AvgIpc) is 3.71. The van der Waals surface area contributed by atoms with E-state index in [9.17, 15) is 0 Å². The number of anilines is 3. The van der Waals surface area contributed by atoms with Gasteiger partial charge in [-0.25, -0.2) is 0 Å². The van der Waals surface area contributed by atoms with E-state index in [1.54, 1.807) is 0 Å². The molecule has 0 unspecified atom stereocenters. The van der Waals surface area contributed by atoms with E-state index in [1.807, 2.05) is 0 Å². The van der Waals surface area contributed by atoms with E-state index in [-0.39, 0.29) is 5.41 Å². The van der Waals surface area contributed by atoms with Crippen molar-refractivity contribution in [2.45, 2.75) is 33.1 Å². The SMILES string of the molecule is Cc1ccccc1-c1ccc(N(c2ccc(-c3cccc(-c4ccccc4)c3)cc2)c2ccc3c(c2)-c2c(ccc4c2oc2ccccc24)C3(C)C)cc1C. The average molecular weight is 708 g/mol. The Morgan fingerprint density at radius 1 is 0.418 bits per heavy atom. The van der Waals surface area contributed by atoms with Gasteiger partial charge in [0.25, 0.3) is 0 Å². The van der Waals surface area contributed by atoms with E-state index in [0.29, 0.717) is 0 Å². The molecule has 1 aromatic heterocycles. The van der Waals surface area contributed by atoms with Crippen LogP contribution in [-0.2, 0) is 5.41 Å². The van der Waals surface area contributed by atoms with Crippen LogP contribution in [0.5, 0.6) is 0 Å². The first-order chi connectivity index (χ1) is 26.8. The third-order valence-corrected chi connectivity index (χ3v) is 11.8. The summed E-state index contributed by atoms with van der Waals surface area (Å²) >= 11 is 0. The van der Waals surface area contributed by atoms with Crippen LogP contribution in [0.15, 0.2) is 180 Å². The van der Waals surface area contributed by atoms with Gasteiger partial charge in [-0.3, -0.25) is 0 Å². The molecule has 0 saturated carbocycles. The van der Waals surface area contributed by atoms with Gasteiger partial charge in [0.05, 0.1) is 0 Å². The van der Waals surface area contributed by atoms with E-state index in [2.05, 4.69) is 209 Å². The predicted molar refractivity (Wildman–Crippen MR) is 232 cm³/mol. The highest BCUT2D eigenvalue weighted by atomic mass is 16.3. The summed E-state index contributed by atoms with van der Waals surface area (Å²) in [5, 5.41) is 2.32. The zero-order chi connectivity index (χ0) is 37.3. The summed E-state index contributed by atoms with van der Waals surface area (Å²) in [6.07, 6.45) is 0. The van der Waals surface area contributed by atoms with Gasteiger partial charge in [-0.05, 0) is 124 Å². The Balaban J connectivity index is 1.13. The van der Waals surface area contributed by atoms with Gasteiger partial charge in [0, 0.05) is 38.8 Å². The van der Waals surface area contributed by atoms with Gasteiger partial charge in [0.15, 0.2) is 0 Å². The first-order valence-corrected chi connectivity index (χ1v) is 19.2. The lowest BCUT2D eigenvalue weighted by Crippen LogP contribution is -2.15. The topological polar surface area (TPSA) is 16.4 Å². The molecule has 0 spiro atoms. The Labute approximate surface area is 323 Å². The van der Waals surface area contributed by atoms with Gasteiger partial charge in [-0.2, -0.15) is 0 Å². The van der Waals surface area contributed by atoms with Gasteiger partial charge in [-0.1, -0.05) is 141 Å². The van der Waals surface area contributed by atoms with Crippen LogP contribution in [0.3, 0.4) is 0 Å². The van der Waals surface area contributed by atoms with Crippen molar-refractivity contribution in [3.8, 4) is 44.5 Å². The molecular weight excluding hydrogens is 667 g/mol. The van der Waals surface area contributed by atoms with Gasteiger partial charge in [-0.15, -0.1) is 0 Å². The molecule has 9 aromatic rings. The van der Waals surface area contributed by atoms with Crippen molar-refractivity contribution >= 4 is 39.0 Å². The van der Waals surface area contributed by atoms with Crippen molar-refractivity contribution < 1.29 is 4.42 Å². The molecule has 0 atom stereocenters. The molecular formula is C53H41NO. The minimum Gasteiger partial charge on any atom is -0.455 e. The molecule has 55 heavy (non-hydrogen) atoms. The fraction of sp³-hybridized carbons (Fsp3) is 0.0943. The van der Waals surface area contributed by atoms with Crippen LogP contribution in [0.4, 0.5) is 17.1 Å². The lowest BCUT2D eigenvalue weighted by molar-refractivity contribution is 0.653. The van der Waals surface area contributed by atoms with Gasteiger partial charge in [0.2, 0.25) is 0 Å². The summed E-state index contributed by atoms with van der Waals surface area (Å²) in [4.78, 5) is 2.41. The van der Waals surface area contributed by atoms with Crippen molar-refractivity contribution in [1.82, 2.24) is 0 Å². The third-order valence-electron chi connectivity index (χ3n) is 11.8. The monoisotopic (exact) mass is 707 g/mol. The highest BCUT2D eigenvalue weighted by Gasteiger charge is 2.38. The molecule has 264 valence electrons. The lowest BCUT2D eigenvalue weighted by atomic mass is 9.82. The Kier molecular flexibility index (Phi) is 7.64. The van der Waals surface area contributed by atoms with E-state index < -0.39 is 0 Å². The summed E-state index contributed by atoms with van der Waals surface area (Å²) in [7, 11) is 0. The number of para-hydroxylation sites is 1. The molecule has 0 aliphatic heterocycles. The van der Waals surface area contributed by atoms with Crippen LogP contribution in [0.2, 0.25) is 0 Å². The molecule has 2 nitrogen and oxygen atoms in total. The van der Waals surface area contributed by atoms with Crippen LogP contribution in [0.1, 0.15) is 36.1 Å². The highest BCUT2D eigenvalue weighted by Crippen LogP contribution is 2.54. The molecule has 0 N–H and O–H groups in total. The number of fused-ring (bicyclic) bond motifs is 7. The van der Waals surface area contributed by atoms with E-state index in [1.165, 1.54) is 66.8 Å². The van der Waals surface area contributed by atoms with Crippen molar-refractivity contribution in [2.24, 2.45) is 0 Å². The van der Waals surface area contributed by atoms with E-state index in [4.69, 9.17) is 4.42 Å². The van der Waals surface area contributed by atoms with E-state index in [0.717, 1.165) is 39.0 Å². The smallest absolute Gasteiger partial charge is 0.143 e. The van der Waals surface area contributed by atoms with Crippen molar-refractivity contribution in [3.05, 3.63) is 198 Å². The summed E-state index contributed by atoms with van der Waals surface area (Å²) in [6, 6.07) is 64.0. The fourth-order valence-electron chi connectivity index (χ4n) is 8.87. The second-order valence-electron chi connectivity index (χ2n) is 15.5. The molecule has 0 saturated heterocycles. The molecule has 1 aliphatic rings. The van der Waals surface area contributed by atoms with Gasteiger partial charge >= 0.3 is 0 Å². The molecule has 1 aliphatic carbocycles. The summed E-state index contributed by atoms with van der Waals surface area (Å²) in [5.74, 6) is 0. The number of furan rings is 1. The summed E-state index contributed by atoms with van der Waals surface area (Å²) in [5.41, 5.74) is 20.0. The maximum absolute atomic E-state index is 6.67. The molecule has 0 bridgehead atoms. The Hall–Kier alpha value is -6.64. The molecule has 8 aromatic carbocycles. The largest absolute Gasteiger partial charge is 0.455 e. The second-order valence-corrected chi connectivity index (χ2v) is 15.5. The first-order valence-electron chi connectivity index (χ1n) is 19.2. The molecule has 0 fully saturated rings. The van der Waals surface area contributed by atoms with E-state index >= 15 is 0 Å². The highest BCUT2D eigenvalue weighted by molar-refractivity contribution is 6.12. The number of hydrogen-bond donors (Lipinski definition) is 0. The fourth-order valence-corrected chi connectivity index (χ4v) is 8.87. The Morgan fingerprint density at radius 3 is 1.82 bits per heavy atom. The van der Waals surface area contributed by atoms with Crippen molar-refractivity contribution in [2.75, 3.05) is 4.90 Å². The number of aryl methyl sites for hydroxylation is 2. The Morgan fingerprint density at radius 2 is 1.04 bits per heavy atom. The van der Waals surface area contributed by atoms with Gasteiger partial charge < -0.3 is 9.32 Å². The quantitative estimate of drug-likeness (QED) is 0.171. The van der Waals surface area contributed by atoms with Gasteiger partial charge in [0.1, 0.15) is 11.2 Å². The molecule has 2 heteroatoms. The normalized spacial score (nSPS) is 12.9. The lowest BCUT2D eigenvalue weighted by Gasteiger charge is -2.28. The standard InChI is InChI=1S/C53H41NO/c1-34-13-8-9-18-43(34)44-27-25-41(31-35(44)2)54(40-23-21-37(22-24-40)39-17-12-16-38(32-39)36-14-6-5-7-15-36)42-26-29-48-47(33-42)51-49(53(48,3)4)30-28-46-45-19-10-11-20-50(45)55-52(46)51/h5-33H,1-4H3. The zero-order valence-corrected chi connectivity index (χ0v) is 31.6. The number of hydrogen-bond acceptors (Lipinski definition) is 2. The third kappa shape index (κ3) is 5.40. The molecule has 1 heterocycles. The number of rotatable bonds is 6. The summed E-state index contributed by atoms with van der Waals surface area (Å²) < 4.78 is 6.67. The van der Waals surface area contributed by atoms with Crippen LogP contribution in [0, 0.1) is 13.8 Å². The molecule has 0 amide bonds. The van der Waals surface area contributed by atoms with Crippen molar-refractivity contribution in [1.29, 1.82) is 0 Å². The van der Waals surface area contributed by atoms with Crippen LogP contribution < -0.4 is 4.90 Å². The molecule has 10 rings (SSSR count). The first kappa shape index (κ1) is 33.0. The zero-order valence-electron chi connectivity index (χ0n) is 31.6. The van der Waals surface area contributed by atoms with Crippen LogP contribution in [-0.4, -0.2) is 0 Å². The van der Waals surface area contributed by atoms with Crippen LogP contribution >= 0.6 is 0 Å². The van der Waals surface area contributed by atoms with Crippen LogP contribution in [0.25, 0.3) is 66.4 Å². The second kappa shape index (κ2) is 12.7. The number of benzene rings is 8. The maximum atomic E-state index is 6.67. The number of nitrogens with zero attached hydrogens (tertiary/aromatic N) is 1. The maximum Gasteiger partial charge on any atom is 0.143 e. The minimum atomic E-state index is -0.164.